The van der Waals surface area contributed by atoms with E-state index in [1.165, 1.54) is 49.4 Å². The number of para-hydroxylation sites is 1. The van der Waals surface area contributed by atoms with E-state index in [9.17, 15) is 23.4 Å². The zero-order chi connectivity index (χ0) is 20.6. The summed E-state index contributed by atoms with van der Waals surface area (Å²) in [6.45, 7) is 1.35. The van der Waals surface area contributed by atoms with Gasteiger partial charge in [-0.05, 0) is 6.07 Å². The quantitative estimate of drug-likeness (QED) is 0.228. The van der Waals surface area contributed by atoms with Crippen LogP contribution in [-0.4, -0.2) is 45.4 Å². The Hall–Kier alpha value is -2.98. The van der Waals surface area contributed by atoms with Crippen LogP contribution in [0.4, 0.5) is 11.4 Å². The summed E-state index contributed by atoms with van der Waals surface area (Å²) in [5.41, 5.74) is -0.174. The van der Waals surface area contributed by atoms with Crippen LogP contribution in [0.15, 0.2) is 48.5 Å². The van der Waals surface area contributed by atoms with E-state index < -0.39 is 25.1 Å². The number of hydrogen-bond acceptors (Lipinski definition) is 7. The number of rotatable bonds is 5. The maximum atomic E-state index is 11.2. The van der Waals surface area contributed by atoms with E-state index in [1.807, 2.05) is 0 Å². The van der Waals surface area contributed by atoms with Gasteiger partial charge < -0.3 is 5.11 Å². The van der Waals surface area contributed by atoms with Crippen LogP contribution in [0.25, 0.3) is 0 Å². The van der Waals surface area contributed by atoms with Gasteiger partial charge in [-0.25, -0.2) is 4.79 Å². The van der Waals surface area contributed by atoms with Crippen LogP contribution in [0.1, 0.15) is 17.3 Å². The number of nitrogens with zero attached hydrogens (tertiary/aromatic N) is 1. The van der Waals surface area contributed by atoms with E-state index in [0.29, 0.717) is 5.69 Å². The second-order valence-corrected chi connectivity index (χ2v) is 8.52. The molecule has 0 heterocycles. The van der Waals surface area contributed by atoms with Crippen LogP contribution in [0.3, 0.4) is 0 Å². The number of carboxylic acid groups (broad SMARTS) is 1. The van der Waals surface area contributed by atoms with E-state index in [2.05, 4.69) is 9.19 Å². The monoisotopic (exact) mass is 442 g/mol. The summed E-state index contributed by atoms with van der Waals surface area (Å²) in [5, 5.41) is 29.5. The minimum Gasteiger partial charge on any atom is -0.477 e. The van der Waals surface area contributed by atoms with Gasteiger partial charge >= 0.3 is 94.4 Å². The first kappa shape index (κ1) is 22.1. The molecule has 0 aliphatic rings. The molecular weight excluding hydrogens is 427 g/mol. The van der Waals surface area contributed by atoms with Gasteiger partial charge in [0.25, 0.3) is 5.69 Å². The fourth-order valence-electron chi connectivity index (χ4n) is 1.80. The number of carbonyl (C=O) groups excluding carboxylic acids is 1. The number of aromatic carboxylic acids is 1. The molecule has 0 radical (unpaired) electrons. The minimum absolute atomic E-state index is 0.00438. The number of benzene rings is 2. The molecule has 27 heavy (non-hydrogen) atoms. The van der Waals surface area contributed by atoms with Crippen molar-refractivity contribution in [3.05, 3.63) is 64.2 Å². The number of anilines is 1. The maximum absolute atomic E-state index is 11.2. The molecule has 11 nitrogen and oxygen atoms in total. The Labute approximate surface area is 155 Å². The van der Waals surface area contributed by atoms with E-state index in [-0.39, 0.29) is 21.5 Å². The predicted molar refractivity (Wildman–Crippen MR) is 92.8 cm³/mol. The third-order valence-corrected chi connectivity index (χ3v) is 5.41. The molecule has 0 aromatic heterocycles. The van der Waals surface area contributed by atoms with Gasteiger partial charge in [0.1, 0.15) is 5.56 Å². The Bertz CT molecular complexity index is 850. The number of nitro benzene ring substituents is 1. The predicted octanol–water partition coefficient (Wildman–Crippen LogP) is 0.996. The maximum Gasteiger partial charge on any atom is 0.342 e. The SMILES string of the molecule is CC(=O)Nc1ccc([As](=O)(O)OO)cc1.O=C(O)c1ccccc1[N+](=O)[O-]. The second kappa shape index (κ2) is 9.64. The average Bonchev–Trinajstić information content (AvgIpc) is 2.62. The van der Waals surface area contributed by atoms with Gasteiger partial charge in [0, 0.05) is 6.07 Å². The van der Waals surface area contributed by atoms with Crippen molar-refractivity contribution in [2.24, 2.45) is 0 Å². The van der Waals surface area contributed by atoms with Crippen molar-refractivity contribution in [1.82, 2.24) is 0 Å². The van der Waals surface area contributed by atoms with Crippen molar-refractivity contribution in [3.8, 4) is 0 Å². The Morgan fingerprint density at radius 1 is 1.15 bits per heavy atom. The van der Waals surface area contributed by atoms with E-state index in [0.717, 1.165) is 6.07 Å². The smallest absolute Gasteiger partial charge is 0.342 e. The van der Waals surface area contributed by atoms with E-state index in [4.69, 9.17) is 14.5 Å². The van der Waals surface area contributed by atoms with Crippen LogP contribution in [0.2, 0.25) is 0 Å². The second-order valence-electron chi connectivity index (χ2n) is 4.91. The van der Waals surface area contributed by atoms with Crippen molar-refractivity contribution < 1.29 is 36.6 Å². The molecule has 0 saturated heterocycles. The summed E-state index contributed by atoms with van der Waals surface area (Å²) >= 11 is -4.76. The Morgan fingerprint density at radius 2 is 1.70 bits per heavy atom. The third-order valence-electron chi connectivity index (χ3n) is 2.96. The van der Waals surface area contributed by atoms with Crippen LogP contribution >= 0.6 is 0 Å². The molecule has 2 aromatic rings. The largest absolute Gasteiger partial charge is 0.477 e. The molecule has 12 heteroatoms. The first-order chi connectivity index (χ1) is 12.6. The Morgan fingerprint density at radius 3 is 2.11 bits per heavy atom. The molecule has 1 unspecified atom stereocenters. The summed E-state index contributed by atoms with van der Waals surface area (Å²) in [5.74, 6) is -1.53. The van der Waals surface area contributed by atoms with Crippen LogP contribution in [0, 0.1) is 10.1 Å². The molecule has 2 rings (SSSR count). The summed E-state index contributed by atoms with van der Waals surface area (Å²) < 4.78 is 23.8. The van der Waals surface area contributed by atoms with Gasteiger partial charge in [0.15, 0.2) is 0 Å². The van der Waals surface area contributed by atoms with Gasteiger partial charge in [-0.15, -0.1) is 0 Å². The standard InChI is InChI=1S/C8H10AsNO5.C7H5NO4/c1-6(11)10-8-4-2-7(3-5-8)9(12,13)15-14;9-7(10)5-3-1-2-4-6(5)8(11)12/h2-5,14H,1H3,(H,10,11)(H,12,13);1-4H,(H,9,10). The number of amides is 1. The van der Waals surface area contributed by atoms with E-state index in [1.54, 1.807) is 0 Å². The fourth-order valence-corrected chi connectivity index (χ4v) is 3.10. The molecule has 144 valence electrons. The molecule has 0 saturated carbocycles. The summed E-state index contributed by atoms with van der Waals surface area (Å²) in [6, 6.07) is 10.7. The van der Waals surface area contributed by atoms with Gasteiger partial charge in [0.05, 0.1) is 4.92 Å². The summed E-state index contributed by atoms with van der Waals surface area (Å²) in [6.07, 6.45) is 0. The van der Waals surface area contributed by atoms with Gasteiger partial charge in [-0.2, -0.15) is 0 Å². The van der Waals surface area contributed by atoms with Crippen molar-refractivity contribution >= 4 is 41.8 Å². The molecule has 0 aliphatic carbocycles. The molecule has 1 amide bonds. The van der Waals surface area contributed by atoms with Crippen molar-refractivity contribution in [3.63, 3.8) is 0 Å². The summed E-state index contributed by atoms with van der Waals surface area (Å²) in [7, 11) is 0. The Kier molecular flexibility index (Phi) is 7.88. The third kappa shape index (κ3) is 6.68. The zero-order valence-corrected chi connectivity index (χ0v) is 15.7. The molecule has 0 bridgehead atoms. The summed E-state index contributed by atoms with van der Waals surface area (Å²) in [4.78, 5) is 30.6. The van der Waals surface area contributed by atoms with Gasteiger partial charge in [-0.1, -0.05) is 12.1 Å². The van der Waals surface area contributed by atoms with Crippen molar-refractivity contribution in [2.45, 2.75) is 6.92 Å². The molecular formula is C15H15AsN2O9. The normalized spacial score (nSPS) is 12.1. The molecule has 0 spiro atoms. The van der Waals surface area contributed by atoms with Gasteiger partial charge in [-0.3, -0.25) is 10.1 Å². The number of nitro groups is 1. The van der Waals surface area contributed by atoms with E-state index >= 15 is 0 Å². The first-order valence-electron chi connectivity index (χ1n) is 7.09. The van der Waals surface area contributed by atoms with Crippen LogP contribution in [0.5, 0.6) is 0 Å². The molecule has 0 fully saturated rings. The van der Waals surface area contributed by atoms with Crippen LogP contribution in [-0.2, 0) is 12.4 Å². The Balaban J connectivity index is 0.000000277. The van der Waals surface area contributed by atoms with Crippen LogP contribution < -0.4 is 9.67 Å². The molecule has 0 aliphatic heterocycles. The molecule has 4 N–H and O–H groups in total. The van der Waals surface area contributed by atoms with Crippen molar-refractivity contribution in [1.29, 1.82) is 0 Å². The number of carboxylic acids is 1. The number of nitrogens with one attached hydrogen (secondary N) is 1. The average molecular weight is 442 g/mol. The fraction of sp³-hybridized carbons (Fsp3) is 0.0667. The molecule has 1 atom stereocenters. The zero-order valence-electron chi connectivity index (χ0n) is 13.8. The number of carbonyl (C=O) groups is 2. The topological polar surface area (TPSA) is 176 Å². The van der Waals surface area contributed by atoms with Gasteiger partial charge in [0.2, 0.25) is 0 Å². The van der Waals surface area contributed by atoms with Crippen molar-refractivity contribution in [2.75, 3.05) is 5.32 Å². The number of hydrogen-bond donors (Lipinski definition) is 4. The first-order valence-corrected chi connectivity index (χ1v) is 10.4. The molecule has 2 aromatic carbocycles. The minimum atomic E-state index is -4.76.